The van der Waals surface area contributed by atoms with Crippen molar-refractivity contribution in [2.45, 2.75) is 19.5 Å². The van der Waals surface area contributed by atoms with Crippen molar-refractivity contribution in [3.63, 3.8) is 0 Å². The third-order valence-electron chi connectivity index (χ3n) is 2.48. The first kappa shape index (κ1) is 17.1. The molecule has 5 nitrogen and oxygen atoms in total. The van der Waals surface area contributed by atoms with Crippen LogP contribution in [0.25, 0.3) is 0 Å². The molecule has 0 aromatic heterocycles. The number of ether oxygens (including phenoxy) is 1. The zero-order valence-corrected chi connectivity index (χ0v) is 11.5. The molecule has 8 heteroatoms. The van der Waals surface area contributed by atoms with Crippen molar-refractivity contribution in [2.75, 3.05) is 25.1 Å². The number of benzene rings is 1. The van der Waals surface area contributed by atoms with Crippen LogP contribution in [0.2, 0.25) is 0 Å². The number of aliphatic hydroxyl groups is 1. The zero-order valence-electron chi connectivity index (χ0n) is 11.5. The smallest absolute Gasteiger partial charge is 0.418 e. The molecule has 1 rings (SSSR count). The van der Waals surface area contributed by atoms with Crippen LogP contribution in [-0.4, -0.2) is 30.9 Å². The second-order valence-electron chi connectivity index (χ2n) is 4.10. The van der Waals surface area contributed by atoms with Gasteiger partial charge in [0.15, 0.2) is 0 Å². The van der Waals surface area contributed by atoms with Gasteiger partial charge in [0.25, 0.3) is 0 Å². The van der Waals surface area contributed by atoms with E-state index in [-0.39, 0.29) is 31.2 Å². The first-order valence-corrected chi connectivity index (χ1v) is 6.38. The lowest BCUT2D eigenvalue weighted by Gasteiger charge is -2.15. The van der Waals surface area contributed by atoms with Gasteiger partial charge in [-0.3, -0.25) is 0 Å². The first-order valence-electron chi connectivity index (χ1n) is 6.38. The lowest BCUT2D eigenvalue weighted by molar-refractivity contribution is -0.137. The van der Waals surface area contributed by atoms with Crippen LogP contribution in [0, 0.1) is 0 Å². The molecule has 2 amide bonds. The third kappa shape index (κ3) is 5.50. The fraction of sp³-hybridized carbons (Fsp3) is 0.462. The van der Waals surface area contributed by atoms with Crippen molar-refractivity contribution in [3.8, 4) is 5.75 Å². The van der Waals surface area contributed by atoms with Gasteiger partial charge in [-0.1, -0.05) is 0 Å². The largest absolute Gasteiger partial charge is 0.494 e. The summed E-state index contributed by atoms with van der Waals surface area (Å²) < 4.78 is 43.9. The maximum absolute atomic E-state index is 13.0. The molecule has 0 heterocycles. The highest BCUT2D eigenvalue weighted by Gasteiger charge is 2.34. The van der Waals surface area contributed by atoms with Gasteiger partial charge in [-0.15, -0.1) is 0 Å². The summed E-state index contributed by atoms with van der Waals surface area (Å²) in [4.78, 5) is 11.5. The van der Waals surface area contributed by atoms with Crippen molar-refractivity contribution >= 4 is 11.7 Å². The van der Waals surface area contributed by atoms with Gasteiger partial charge in [-0.2, -0.15) is 13.2 Å². The van der Waals surface area contributed by atoms with Crippen LogP contribution in [0.4, 0.5) is 23.7 Å². The Morgan fingerprint density at radius 1 is 1.38 bits per heavy atom. The molecule has 3 N–H and O–H groups in total. The molecule has 0 saturated heterocycles. The van der Waals surface area contributed by atoms with E-state index in [1.807, 2.05) is 0 Å². The van der Waals surface area contributed by atoms with E-state index in [2.05, 4.69) is 10.6 Å². The Morgan fingerprint density at radius 2 is 2.10 bits per heavy atom. The van der Waals surface area contributed by atoms with Crippen molar-refractivity contribution in [1.29, 1.82) is 0 Å². The van der Waals surface area contributed by atoms with Crippen LogP contribution in [0.5, 0.6) is 5.75 Å². The Balaban J connectivity index is 2.87. The van der Waals surface area contributed by atoms with E-state index in [9.17, 15) is 18.0 Å². The van der Waals surface area contributed by atoms with Crippen LogP contribution in [0.15, 0.2) is 18.2 Å². The molecule has 0 unspecified atom stereocenters. The number of anilines is 1. The fourth-order valence-corrected chi connectivity index (χ4v) is 1.57. The molecule has 1 aromatic carbocycles. The summed E-state index contributed by atoms with van der Waals surface area (Å²) in [5.41, 5.74) is -1.33. The number of amides is 2. The summed E-state index contributed by atoms with van der Waals surface area (Å²) in [5, 5.41) is 13.0. The topological polar surface area (TPSA) is 70.6 Å². The predicted molar refractivity (Wildman–Crippen MR) is 71.3 cm³/mol. The lowest BCUT2D eigenvalue weighted by Crippen LogP contribution is -2.30. The molecular weight excluding hydrogens is 289 g/mol. The molecular formula is C13H17F3N2O3. The number of hydrogen-bond donors (Lipinski definition) is 3. The minimum atomic E-state index is -4.61. The molecule has 1 aromatic rings. The minimum absolute atomic E-state index is 0.0797. The SMILES string of the molecule is CCOc1ccc(NC(=O)NCCCO)c(C(F)(F)F)c1. The van der Waals surface area contributed by atoms with E-state index >= 15 is 0 Å². The van der Waals surface area contributed by atoms with Crippen molar-refractivity contribution in [1.82, 2.24) is 5.32 Å². The Morgan fingerprint density at radius 3 is 2.67 bits per heavy atom. The number of aliphatic hydroxyl groups excluding tert-OH is 1. The molecule has 118 valence electrons. The number of carbonyl (C=O) groups excluding carboxylic acids is 1. The fourth-order valence-electron chi connectivity index (χ4n) is 1.57. The Hall–Kier alpha value is -1.96. The second-order valence-corrected chi connectivity index (χ2v) is 4.10. The molecule has 0 spiro atoms. The highest BCUT2D eigenvalue weighted by Crippen LogP contribution is 2.37. The third-order valence-corrected chi connectivity index (χ3v) is 2.48. The minimum Gasteiger partial charge on any atom is -0.494 e. The molecule has 0 aliphatic rings. The maximum Gasteiger partial charge on any atom is 0.418 e. The Labute approximate surface area is 120 Å². The monoisotopic (exact) mass is 306 g/mol. The molecule has 0 aliphatic carbocycles. The van der Waals surface area contributed by atoms with E-state index in [1.54, 1.807) is 6.92 Å². The van der Waals surface area contributed by atoms with Crippen molar-refractivity contribution in [2.24, 2.45) is 0 Å². The normalized spacial score (nSPS) is 11.1. The molecule has 0 atom stereocenters. The van der Waals surface area contributed by atoms with Crippen LogP contribution >= 0.6 is 0 Å². The molecule has 21 heavy (non-hydrogen) atoms. The van der Waals surface area contributed by atoms with Gasteiger partial charge in [0, 0.05) is 13.2 Å². The van der Waals surface area contributed by atoms with Gasteiger partial charge in [0.2, 0.25) is 0 Å². The van der Waals surface area contributed by atoms with Gasteiger partial charge in [-0.05, 0) is 31.5 Å². The first-order chi connectivity index (χ1) is 9.88. The summed E-state index contributed by atoms with van der Waals surface area (Å²) in [6.07, 6.45) is -4.29. The maximum atomic E-state index is 13.0. The van der Waals surface area contributed by atoms with Gasteiger partial charge < -0.3 is 20.5 Å². The van der Waals surface area contributed by atoms with E-state index in [0.717, 1.165) is 12.1 Å². The average molecular weight is 306 g/mol. The summed E-state index contributed by atoms with van der Waals surface area (Å²) in [7, 11) is 0. The number of alkyl halides is 3. The number of nitrogens with one attached hydrogen (secondary N) is 2. The van der Waals surface area contributed by atoms with Crippen LogP contribution < -0.4 is 15.4 Å². The molecule has 0 bridgehead atoms. The van der Waals surface area contributed by atoms with Crippen LogP contribution in [-0.2, 0) is 6.18 Å². The van der Waals surface area contributed by atoms with Gasteiger partial charge in [-0.25, -0.2) is 4.79 Å². The van der Waals surface area contributed by atoms with Gasteiger partial charge >= 0.3 is 12.2 Å². The highest BCUT2D eigenvalue weighted by molar-refractivity contribution is 5.90. The zero-order chi connectivity index (χ0) is 15.9. The van der Waals surface area contributed by atoms with E-state index < -0.39 is 17.8 Å². The number of rotatable bonds is 6. The Kier molecular flexibility index (Phi) is 6.29. The van der Waals surface area contributed by atoms with Gasteiger partial charge in [0.1, 0.15) is 5.75 Å². The number of carbonyl (C=O) groups is 1. The molecule has 0 aliphatic heterocycles. The summed E-state index contributed by atoms with van der Waals surface area (Å²) >= 11 is 0. The number of hydrogen-bond acceptors (Lipinski definition) is 3. The predicted octanol–water partition coefficient (Wildman–Crippen LogP) is 2.61. The summed E-state index contributed by atoms with van der Waals surface area (Å²) in [5.74, 6) is 0.0797. The second kappa shape index (κ2) is 7.72. The molecule has 0 saturated carbocycles. The molecule has 0 radical (unpaired) electrons. The standard InChI is InChI=1S/C13H17F3N2O3/c1-2-21-9-4-5-11(10(8-9)13(14,15)16)18-12(20)17-6-3-7-19/h4-5,8,19H,2-3,6-7H2,1H3,(H2,17,18,20). The van der Waals surface area contributed by atoms with E-state index in [4.69, 9.17) is 9.84 Å². The van der Waals surface area contributed by atoms with Crippen molar-refractivity contribution < 1.29 is 27.8 Å². The van der Waals surface area contributed by atoms with Crippen LogP contribution in [0.1, 0.15) is 18.9 Å². The van der Waals surface area contributed by atoms with E-state index in [1.165, 1.54) is 6.07 Å². The number of urea groups is 1. The summed E-state index contributed by atoms with van der Waals surface area (Å²) in [6.45, 7) is 1.96. The van der Waals surface area contributed by atoms with Crippen molar-refractivity contribution in [3.05, 3.63) is 23.8 Å². The average Bonchev–Trinajstić information content (AvgIpc) is 2.40. The van der Waals surface area contributed by atoms with E-state index in [0.29, 0.717) is 6.42 Å². The Bertz CT molecular complexity index is 478. The van der Waals surface area contributed by atoms with Crippen LogP contribution in [0.3, 0.4) is 0 Å². The number of halogens is 3. The highest BCUT2D eigenvalue weighted by atomic mass is 19.4. The quantitative estimate of drug-likeness (QED) is 0.708. The lowest BCUT2D eigenvalue weighted by atomic mass is 10.1. The molecule has 0 fully saturated rings. The summed E-state index contributed by atoms with van der Waals surface area (Å²) in [6, 6.07) is 2.56. The van der Waals surface area contributed by atoms with Gasteiger partial charge in [0.05, 0.1) is 17.9 Å².